The number of ether oxygens (including phenoxy) is 1. The van der Waals surface area contributed by atoms with Crippen LogP contribution in [0.1, 0.15) is 38.2 Å². The van der Waals surface area contributed by atoms with Crippen molar-refractivity contribution in [2.45, 2.75) is 37.5 Å². The van der Waals surface area contributed by atoms with Crippen molar-refractivity contribution in [1.29, 1.82) is 0 Å². The molecule has 0 amide bonds. The van der Waals surface area contributed by atoms with Gasteiger partial charge < -0.3 is 4.74 Å². The maximum atomic E-state index is 12.1. The minimum Gasteiger partial charge on any atom is -0.493 e. The van der Waals surface area contributed by atoms with E-state index in [2.05, 4.69) is 0 Å². The Balaban J connectivity index is 3.10. The first-order valence-corrected chi connectivity index (χ1v) is 7.80. The van der Waals surface area contributed by atoms with Gasteiger partial charge in [0.15, 0.2) is 0 Å². The highest BCUT2D eigenvalue weighted by atomic mass is 32.2. The van der Waals surface area contributed by atoms with Crippen LogP contribution in [0.15, 0.2) is 23.1 Å². The molecule has 0 radical (unpaired) electrons. The summed E-state index contributed by atoms with van der Waals surface area (Å²) < 4.78 is 40.3. The first-order chi connectivity index (χ1) is 8.90. The highest BCUT2D eigenvalue weighted by molar-refractivity contribution is 7.89. The van der Waals surface area contributed by atoms with Crippen LogP contribution in [0, 0.1) is 0 Å². The van der Waals surface area contributed by atoms with Gasteiger partial charge >= 0.3 is 0 Å². The third kappa shape index (κ3) is 4.47. The number of hydrogen-bond donors (Lipinski definition) is 1. The summed E-state index contributed by atoms with van der Waals surface area (Å²) in [5.74, 6) is 0.734. The van der Waals surface area contributed by atoms with E-state index in [-0.39, 0.29) is 17.4 Å². The topological polar surface area (TPSA) is 69.4 Å². The maximum absolute atomic E-state index is 12.1. The van der Waals surface area contributed by atoms with E-state index in [1.54, 1.807) is 6.07 Å². The summed E-state index contributed by atoms with van der Waals surface area (Å²) in [6, 6.07) is 4.53. The molecule has 2 N–H and O–H groups in total. The van der Waals surface area contributed by atoms with E-state index >= 15 is 0 Å². The molecule has 1 unspecified atom stereocenters. The van der Waals surface area contributed by atoms with Crippen LogP contribution in [0.5, 0.6) is 5.75 Å². The summed E-state index contributed by atoms with van der Waals surface area (Å²) >= 11 is 0. The van der Waals surface area contributed by atoms with Crippen molar-refractivity contribution in [2.75, 3.05) is 13.3 Å². The Labute approximate surface area is 113 Å². The molecule has 0 spiro atoms. The molecule has 19 heavy (non-hydrogen) atoms. The Kier molecular flexibility index (Phi) is 5.75. The molecule has 0 bridgehead atoms. The van der Waals surface area contributed by atoms with Gasteiger partial charge in [-0.15, -0.1) is 0 Å². The predicted octanol–water partition coefficient (Wildman–Crippen LogP) is 2.59. The molecule has 0 aliphatic rings. The van der Waals surface area contributed by atoms with Crippen LogP contribution in [0.3, 0.4) is 0 Å². The van der Waals surface area contributed by atoms with Gasteiger partial charge in [-0.05, 0) is 36.1 Å². The monoisotopic (exact) mass is 289 g/mol. The third-order valence-electron chi connectivity index (χ3n) is 2.99. The van der Waals surface area contributed by atoms with Gasteiger partial charge in [0.05, 0.1) is 18.2 Å². The van der Waals surface area contributed by atoms with Gasteiger partial charge in [0.1, 0.15) is 5.75 Å². The fourth-order valence-corrected chi connectivity index (χ4v) is 2.23. The smallest absolute Gasteiger partial charge is 0.238 e. The van der Waals surface area contributed by atoms with E-state index in [1.165, 1.54) is 12.1 Å². The Morgan fingerprint density at radius 1 is 1.42 bits per heavy atom. The maximum Gasteiger partial charge on any atom is 0.238 e. The number of primary sulfonamides is 1. The zero-order valence-electron chi connectivity index (χ0n) is 11.2. The molecule has 1 rings (SSSR count). The molecular formula is C13H20FNO3S. The molecule has 0 fully saturated rings. The first kappa shape index (κ1) is 15.9. The molecule has 0 aliphatic heterocycles. The van der Waals surface area contributed by atoms with E-state index in [1.807, 2.05) is 13.8 Å². The lowest BCUT2D eigenvalue weighted by Gasteiger charge is -2.16. The van der Waals surface area contributed by atoms with Gasteiger partial charge in [-0.3, -0.25) is 4.39 Å². The van der Waals surface area contributed by atoms with E-state index in [0.717, 1.165) is 12.0 Å². The van der Waals surface area contributed by atoms with Crippen LogP contribution in [-0.4, -0.2) is 21.7 Å². The third-order valence-corrected chi connectivity index (χ3v) is 3.90. The van der Waals surface area contributed by atoms with Gasteiger partial charge in [0.25, 0.3) is 0 Å². The second-order valence-corrected chi connectivity index (χ2v) is 6.01. The average molecular weight is 289 g/mol. The molecule has 0 saturated carbocycles. The van der Waals surface area contributed by atoms with Crippen molar-refractivity contribution in [3.05, 3.63) is 23.8 Å². The van der Waals surface area contributed by atoms with Crippen LogP contribution >= 0.6 is 0 Å². The quantitative estimate of drug-likeness (QED) is 0.784. The summed E-state index contributed by atoms with van der Waals surface area (Å²) in [5, 5.41) is 5.12. The van der Waals surface area contributed by atoms with Crippen molar-refractivity contribution < 1.29 is 17.5 Å². The predicted molar refractivity (Wildman–Crippen MR) is 72.6 cm³/mol. The summed E-state index contributed by atoms with van der Waals surface area (Å²) in [7, 11) is -3.72. The summed E-state index contributed by atoms with van der Waals surface area (Å²) in [5.41, 5.74) is 0.785. The highest BCUT2D eigenvalue weighted by Crippen LogP contribution is 2.31. The Bertz CT molecular complexity index is 517. The van der Waals surface area contributed by atoms with Gasteiger partial charge in [-0.2, -0.15) is 0 Å². The van der Waals surface area contributed by atoms with E-state index in [0.29, 0.717) is 12.2 Å². The molecule has 1 aromatic rings. The first-order valence-electron chi connectivity index (χ1n) is 6.25. The van der Waals surface area contributed by atoms with Crippen molar-refractivity contribution in [3.63, 3.8) is 0 Å². The Morgan fingerprint density at radius 2 is 2.11 bits per heavy atom. The average Bonchev–Trinajstić information content (AvgIpc) is 2.37. The van der Waals surface area contributed by atoms with Crippen molar-refractivity contribution >= 4 is 10.0 Å². The number of nitrogens with two attached hydrogens (primary N) is 1. The molecule has 1 atom stereocenters. The molecule has 0 aliphatic carbocycles. The fourth-order valence-electron chi connectivity index (χ4n) is 1.68. The lowest BCUT2D eigenvalue weighted by atomic mass is 9.98. The normalized spacial score (nSPS) is 13.3. The van der Waals surface area contributed by atoms with Crippen LogP contribution < -0.4 is 9.88 Å². The van der Waals surface area contributed by atoms with Crippen LogP contribution in [-0.2, 0) is 10.0 Å². The number of sulfonamides is 1. The zero-order chi connectivity index (χ0) is 14.5. The van der Waals surface area contributed by atoms with E-state index in [4.69, 9.17) is 9.88 Å². The molecule has 1 aromatic carbocycles. The van der Waals surface area contributed by atoms with Crippen molar-refractivity contribution in [1.82, 2.24) is 0 Å². The summed E-state index contributed by atoms with van der Waals surface area (Å²) in [6.45, 7) is 3.81. The number of hydrogen-bond acceptors (Lipinski definition) is 3. The molecule has 0 saturated heterocycles. The molecule has 108 valence electrons. The lowest BCUT2D eigenvalue weighted by Crippen LogP contribution is -2.13. The van der Waals surface area contributed by atoms with Gasteiger partial charge in [0, 0.05) is 6.42 Å². The van der Waals surface area contributed by atoms with Gasteiger partial charge in [0.2, 0.25) is 10.0 Å². The SMILES string of the molecule is CCC(C)c1cc(S(N)(=O)=O)ccc1OCCCF. The lowest BCUT2D eigenvalue weighted by molar-refractivity contribution is 0.285. The Hall–Kier alpha value is -1.14. The van der Waals surface area contributed by atoms with Crippen molar-refractivity contribution in [3.8, 4) is 5.75 Å². The highest BCUT2D eigenvalue weighted by Gasteiger charge is 2.15. The van der Waals surface area contributed by atoms with Gasteiger partial charge in [-0.1, -0.05) is 13.8 Å². The molecular weight excluding hydrogens is 269 g/mol. The van der Waals surface area contributed by atoms with Crippen molar-refractivity contribution in [2.24, 2.45) is 5.14 Å². The minimum atomic E-state index is -3.72. The standard InChI is InChI=1S/C13H20FNO3S/c1-3-10(2)12-9-11(19(15,16)17)5-6-13(12)18-8-4-7-14/h5-6,9-10H,3-4,7-8H2,1-2H3,(H2,15,16,17). The molecule has 0 heterocycles. The number of halogens is 1. The second kappa shape index (κ2) is 6.86. The van der Waals surface area contributed by atoms with Crippen LogP contribution in [0.2, 0.25) is 0 Å². The number of benzene rings is 1. The largest absolute Gasteiger partial charge is 0.493 e. The molecule has 4 nitrogen and oxygen atoms in total. The van der Waals surface area contributed by atoms with Crippen LogP contribution in [0.25, 0.3) is 0 Å². The van der Waals surface area contributed by atoms with Crippen LogP contribution in [0.4, 0.5) is 4.39 Å². The summed E-state index contributed by atoms with van der Waals surface area (Å²) in [4.78, 5) is 0.0700. The zero-order valence-corrected chi connectivity index (χ0v) is 12.0. The molecule has 6 heteroatoms. The Morgan fingerprint density at radius 3 is 2.63 bits per heavy atom. The minimum absolute atomic E-state index is 0.0700. The van der Waals surface area contributed by atoms with E-state index < -0.39 is 16.7 Å². The summed E-state index contributed by atoms with van der Waals surface area (Å²) in [6.07, 6.45) is 1.16. The number of rotatable bonds is 7. The van der Waals surface area contributed by atoms with E-state index in [9.17, 15) is 12.8 Å². The van der Waals surface area contributed by atoms with Gasteiger partial charge in [-0.25, -0.2) is 13.6 Å². The second-order valence-electron chi connectivity index (χ2n) is 4.44. The molecule has 0 aromatic heterocycles. The number of alkyl halides is 1. The fraction of sp³-hybridized carbons (Fsp3) is 0.538.